The lowest BCUT2D eigenvalue weighted by Gasteiger charge is -2.31. The predicted molar refractivity (Wildman–Crippen MR) is 102 cm³/mol. The van der Waals surface area contributed by atoms with Crippen molar-refractivity contribution in [1.29, 1.82) is 0 Å². The third kappa shape index (κ3) is 4.63. The Morgan fingerprint density at radius 3 is 2.31 bits per heavy atom. The first-order valence-corrected chi connectivity index (χ1v) is 10.8. The van der Waals surface area contributed by atoms with E-state index in [1.165, 1.54) is 24.3 Å². The first kappa shape index (κ1) is 18.9. The number of non-ortho nitro benzene ring substituents is 1. The fourth-order valence-corrected chi connectivity index (χ4v) is 5.77. The van der Waals surface area contributed by atoms with Crippen molar-refractivity contribution in [3.63, 3.8) is 0 Å². The molecule has 2 atom stereocenters. The van der Waals surface area contributed by atoms with Gasteiger partial charge in [0, 0.05) is 28.3 Å². The molecule has 0 amide bonds. The van der Waals surface area contributed by atoms with E-state index < -0.39 is 14.9 Å². The molecule has 0 aliphatic heterocycles. The molecule has 0 spiro atoms. The molecule has 3 rings (SSSR count). The van der Waals surface area contributed by atoms with Crippen molar-refractivity contribution >= 4 is 27.5 Å². The lowest BCUT2D eigenvalue weighted by atomic mass is 9.96. The Kier molecular flexibility index (Phi) is 5.95. The lowest BCUT2D eigenvalue weighted by molar-refractivity contribution is -0.384. The summed E-state index contributed by atoms with van der Waals surface area (Å²) in [6, 6.07) is 14.8. The molecule has 1 fully saturated rings. The molecule has 0 aromatic heterocycles. The molecular formula is C18H20N2O4S2. The van der Waals surface area contributed by atoms with Gasteiger partial charge in [0.25, 0.3) is 5.69 Å². The molecule has 0 bridgehead atoms. The molecule has 1 saturated carbocycles. The van der Waals surface area contributed by atoms with Crippen molar-refractivity contribution in [1.82, 2.24) is 4.72 Å². The lowest BCUT2D eigenvalue weighted by Crippen LogP contribution is -2.43. The van der Waals surface area contributed by atoms with Gasteiger partial charge >= 0.3 is 0 Å². The Labute approximate surface area is 157 Å². The van der Waals surface area contributed by atoms with E-state index in [1.807, 2.05) is 30.3 Å². The van der Waals surface area contributed by atoms with Crippen LogP contribution in [0.25, 0.3) is 0 Å². The van der Waals surface area contributed by atoms with Gasteiger partial charge in [0.2, 0.25) is 10.0 Å². The molecule has 6 nitrogen and oxygen atoms in total. The van der Waals surface area contributed by atoms with Crippen molar-refractivity contribution in [3.8, 4) is 0 Å². The number of sulfonamides is 1. The van der Waals surface area contributed by atoms with Gasteiger partial charge in [0.1, 0.15) is 0 Å². The van der Waals surface area contributed by atoms with Crippen LogP contribution >= 0.6 is 11.8 Å². The summed E-state index contributed by atoms with van der Waals surface area (Å²) in [4.78, 5) is 11.4. The number of hydrogen-bond acceptors (Lipinski definition) is 5. The monoisotopic (exact) mass is 392 g/mol. The zero-order valence-electron chi connectivity index (χ0n) is 14.1. The highest BCUT2D eigenvalue weighted by Gasteiger charge is 2.30. The van der Waals surface area contributed by atoms with Crippen LogP contribution < -0.4 is 4.72 Å². The van der Waals surface area contributed by atoms with E-state index in [9.17, 15) is 18.5 Å². The van der Waals surface area contributed by atoms with Gasteiger partial charge in [0.05, 0.1) is 9.82 Å². The quantitative estimate of drug-likeness (QED) is 0.593. The Morgan fingerprint density at radius 2 is 1.65 bits per heavy atom. The third-order valence-corrected chi connectivity index (χ3v) is 7.31. The maximum absolute atomic E-state index is 12.7. The van der Waals surface area contributed by atoms with Crippen LogP contribution in [0, 0.1) is 10.1 Å². The normalized spacial score (nSPS) is 20.6. The minimum absolute atomic E-state index is 0.0529. The number of rotatable bonds is 6. The molecule has 138 valence electrons. The maximum atomic E-state index is 12.7. The Bertz CT molecular complexity index is 855. The fourth-order valence-electron chi connectivity index (χ4n) is 3.06. The van der Waals surface area contributed by atoms with Crippen LogP contribution in [0.15, 0.2) is 64.4 Å². The Morgan fingerprint density at radius 1 is 1.00 bits per heavy atom. The van der Waals surface area contributed by atoms with Gasteiger partial charge in [-0.1, -0.05) is 31.0 Å². The maximum Gasteiger partial charge on any atom is 0.269 e. The summed E-state index contributed by atoms with van der Waals surface area (Å²) in [5.74, 6) is 0. The molecule has 0 saturated heterocycles. The topological polar surface area (TPSA) is 89.3 Å². The molecular weight excluding hydrogens is 372 g/mol. The van der Waals surface area contributed by atoms with Crippen molar-refractivity contribution in [2.75, 3.05) is 0 Å². The van der Waals surface area contributed by atoms with E-state index in [1.54, 1.807) is 11.8 Å². The predicted octanol–water partition coefficient (Wildman–Crippen LogP) is 3.98. The van der Waals surface area contributed by atoms with Crippen LogP contribution in [-0.2, 0) is 10.0 Å². The van der Waals surface area contributed by atoms with Crippen LogP contribution in [0.2, 0.25) is 0 Å². The molecule has 1 aliphatic carbocycles. The third-order valence-electron chi connectivity index (χ3n) is 4.40. The summed E-state index contributed by atoms with van der Waals surface area (Å²) in [5.41, 5.74) is -0.126. The number of nitrogens with zero attached hydrogens (tertiary/aromatic N) is 1. The van der Waals surface area contributed by atoms with E-state index in [-0.39, 0.29) is 21.9 Å². The average Bonchev–Trinajstić information content (AvgIpc) is 2.64. The van der Waals surface area contributed by atoms with Crippen molar-refractivity contribution in [2.24, 2.45) is 0 Å². The van der Waals surface area contributed by atoms with E-state index in [0.717, 1.165) is 30.6 Å². The highest BCUT2D eigenvalue weighted by molar-refractivity contribution is 8.00. The Hall–Kier alpha value is -1.90. The average molecular weight is 393 g/mol. The molecule has 26 heavy (non-hydrogen) atoms. The molecule has 1 aliphatic rings. The first-order valence-electron chi connectivity index (χ1n) is 8.44. The van der Waals surface area contributed by atoms with E-state index in [0.29, 0.717) is 0 Å². The summed E-state index contributed by atoms with van der Waals surface area (Å²) in [6.07, 6.45) is 3.81. The second kappa shape index (κ2) is 8.20. The van der Waals surface area contributed by atoms with Gasteiger partial charge in [-0.2, -0.15) is 0 Å². The minimum atomic E-state index is -3.71. The number of nitro groups is 1. The van der Waals surface area contributed by atoms with Gasteiger partial charge in [-0.15, -0.1) is 11.8 Å². The van der Waals surface area contributed by atoms with Crippen LogP contribution in [-0.4, -0.2) is 24.6 Å². The number of nitrogens with one attached hydrogen (secondary N) is 1. The standard InChI is InChI=1S/C18H20N2O4S2/c21-20(22)14-10-12-16(13-11-14)26(23,24)19-17-8-4-5-9-18(17)25-15-6-2-1-3-7-15/h1-3,6-7,10-13,17-19H,4-5,8-9H2/t17-,18-/m0/s1. The Balaban J connectivity index is 1.74. The minimum Gasteiger partial charge on any atom is -0.258 e. The zero-order chi connectivity index (χ0) is 18.6. The number of hydrogen-bond donors (Lipinski definition) is 1. The fraction of sp³-hybridized carbons (Fsp3) is 0.333. The molecule has 2 aromatic rings. The second-order valence-corrected chi connectivity index (χ2v) is 9.26. The van der Waals surface area contributed by atoms with E-state index >= 15 is 0 Å². The molecule has 0 unspecified atom stereocenters. The molecule has 1 N–H and O–H groups in total. The van der Waals surface area contributed by atoms with Crippen molar-refractivity contribution in [2.45, 2.75) is 46.8 Å². The van der Waals surface area contributed by atoms with Gasteiger partial charge in [-0.05, 0) is 37.1 Å². The molecule has 0 heterocycles. The molecule has 0 radical (unpaired) electrons. The van der Waals surface area contributed by atoms with Crippen LogP contribution in [0.3, 0.4) is 0 Å². The molecule has 2 aromatic carbocycles. The highest BCUT2D eigenvalue weighted by Crippen LogP contribution is 2.34. The van der Waals surface area contributed by atoms with E-state index in [4.69, 9.17) is 0 Å². The summed E-state index contributed by atoms with van der Waals surface area (Å²) in [7, 11) is -3.71. The van der Waals surface area contributed by atoms with Crippen molar-refractivity contribution < 1.29 is 13.3 Å². The number of benzene rings is 2. The van der Waals surface area contributed by atoms with Crippen LogP contribution in [0.5, 0.6) is 0 Å². The summed E-state index contributed by atoms with van der Waals surface area (Å²) < 4.78 is 28.2. The van der Waals surface area contributed by atoms with E-state index in [2.05, 4.69) is 4.72 Å². The van der Waals surface area contributed by atoms with Gasteiger partial charge in [0.15, 0.2) is 0 Å². The highest BCUT2D eigenvalue weighted by atomic mass is 32.2. The molecule has 8 heteroatoms. The van der Waals surface area contributed by atoms with Crippen LogP contribution in [0.4, 0.5) is 5.69 Å². The second-order valence-electron chi connectivity index (χ2n) is 6.23. The summed E-state index contributed by atoms with van der Waals surface area (Å²) >= 11 is 1.70. The van der Waals surface area contributed by atoms with Gasteiger partial charge in [-0.3, -0.25) is 10.1 Å². The summed E-state index contributed by atoms with van der Waals surface area (Å²) in [5, 5.41) is 10.9. The summed E-state index contributed by atoms with van der Waals surface area (Å²) in [6.45, 7) is 0. The first-order chi connectivity index (χ1) is 12.5. The van der Waals surface area contributed by atoms with Crippen molar-refractivity contribution in [3.05, 3.63) is 64.7 Å². The largest absolute Gasteiger partial charge is 0.269 e. The van der Waals surface area contributed by atoms with Gasteiger partial charge in [-0.25, -0.2) is 13.1 Å². The zero-order valence-corrected chi connectivity index (χ0v) is 15.7. The smallest absolute Gasteiger partial charge is 0.258 e. The number of nitro benzene ring substituents is 1. The van der Waals surface area contributed by atoms with Crippen LogP contribution in [0.1, 0.15) is 25.7 Å². The SMILES string of the molecule is O=[N+]([O-])c1ccc(S(=O)(=O)N[C@H]2CCCC[C@@H]2Sc2ccccc2)cc1. The van der Waals surface area contributed by atoms with Gasteiger partial charge < -0.3 is 0 Å². The number of thioether (sulfide) groups is 1.